The molecule has 104 valence electrons. The Morgan fingerprint density at radius 2 is 2.10 bits per heavy atom. The molecule has 21 heavy (non-hydrogen) atoms. The normalized spacial score (nSPS) is 17.1. The van der Waals surface area contributed by atoms with E-state index in [4.69, 9.17) is 10.2 Å². The van der Waals surface area contributed by atoms with Crippen LogP contribution in [0.4, 0.5) is 5.95 Å². The summed E-state index contributed by atoms with van der Waals surface area (Å²) in [7, 11) is 0. The highest BCUT2D eigenvalue weighted by Gasteiger charge is 2.26. The van der Waals surface area contributed by atoms with Gasteiger partial charge in [-0.25, -0.2) is 4.99 Å². The van der Waals surface area contributed by atoms with E-state index in [-0.39, 0.29) is 11.5 Å². The summed E-state index contributed by atoms with van der Waals surface area (Å²) in [6, 6.07) is 10.8. The molecule has 3 aromatic rings. The first-order valence-electron chi connectivity index (χ1n) is 6.39. The molecule has 0 fully saturated rings. The standard InChI is InChI=1S/C14H11N5O2/c15-13-16-11(10-6-3-7-21-10)19-9-5-2-1-4-8(9)12(20)17-14(19)18-13/h1-7,11H,(H3,15,16,17,18,20)/t11-/m1/s1. The third-order valence-electron chi connectivity index (χ3n) is 3.37. The minimum atomic E-state index is -0.491. The maximum absolute atomic E-state index is 12.1. The number of para-hydroxylation sites is 1. The van der Waals surface area contributed by atoms with Crippen molar-refractivity contribution >= 4 is 22.8 Å². The molecule has 7 nitrogen and oxygen atoms in total. The number of furan rings is 1. The van der Waals surface area contributed by atoms with E-state index < -0.39 is 6.17 Å². The monoisotopic (exact) mass is 281 g/mol. The van der Waals surface area contributed by atoms with Crippen LogP contribution >= 0.6 is 0 Å². The van der Waals surface area contributed by atoms with Gasteiger partial charge in [0.15, 0.2) is 12.1 Å². The summed E-state index contributed by atoms with van der Waals surface area (Å²) < 4.78 is 7.24. The number of benzene rings is 1. The van der Waals surface area contributed by atoms with Crippen LogP contribution < -0.4 is 16.6 Å². The molecule has 4 rings (SSSR count). The molecular weight excluding hydrogens is 270 g/mol. The predicted molar refractivity (Wildman–Crippen MR) is 78.1 cm³/mol. The summed E-state index contributed by atoms with van der Waals surface area (Å²) in [5, 5.41) is 3.35. The van der Waals surface area contributed by atoms with Gasteiger partial charge in [-0.05, 0) is 24.3 Å². The van der Waals surface area contributed by atoms with E-state index in [0.29, 0.717) is 17.1 Å². The first-order chi connectivity index (χ1) is 10.2. The van der Waals surface area contributed by atoms with Crippen LogP contribution in [0.15, 0.2) is 56.9 Å². The lowest BCUT2D eigenvalue weighted by Crippen LogP contribution is -2.34. The van der Waals surface area contributed by atoms with E-state index in [1.807, 2.05) is 18.2 Å². The van der Waals surface area contributed by atoms with Gasteiger partial charge in [0.2, 0.25) is 5.95 Å². The SMILES string of the molecule is NC1=N[C@@H](c2ccco2)n2c(nc(=O)c3ccccc32)N1. The Labute approximate surface area is 118 Å². The molecule has 1 aromatic carbocycles. The average Bonchev–Trinajstić information content (AvgIpc) is 3.00. The molecule has 0 bridgehead atoms. The van der Waals surface area contributed by atoms with Crippen molar-refractivity contribution in [3.63, 3.8) is 0 Å². The van der Waals surface area contributed by atoms with Crippen molar-refractivity contribution < 1.29 is 4.42 Å². The fourth-order valence-electron chi connectivity index (χ4n) is 2.49. The number of anilines is 1. The second kappa shape index (κ2) is 4.20. The Bertz CT molecular complexity index is 911. The third-order valence-corrected chi connectivity index (χ3v) is 3.37. The Morgan fingerprint density at radius 1 is 1.24 bits per heavy atom. The zero-order valence-electron chi connectivity index (χ0n) is 10.9. The van der Waals surface area contributed by atoms with Gasteiger partial charge in [0, 0.05) is 0 Å². The molecule has 3 heterocycles. The van der Waals surface area contributed by atoms with Crippen molar-refractivity contribution in [1.29, 1.82) is 0 Å². The molecule has 1 atom stereocenters. The van der Waals surface area contributed by atoms with Gasteiger partial charge in [-0.15, -0.1) is 0 Å². The number of aromatic nitrogens is 2. The summed E-state index contributed by atoms with van der Waals surface area (Å²) in [5.74, 6) is 1.17. The molecule has 0 saturated heterocycles. The van der Waals surface area contributed by atoms with Gasteiger partial charge < -0.3 is 10.2 Å². The smallest absolute Gasteiger partial charge is 0.282 e. The van der Waals surface area contributed by atoms with Crippen molar-refractivity contribution in [3.05, 3.63) is 58.8 Å². The number of rotatable bonds is 1. The number of fused-ring (bicyclic) bond motifs is 3. The molecule has 0 saturated carbocycles. The Kier molecular flexibility index (Phi) is 2.34. The highest BCUT2D eigenvalue weighted by molar-refractivity contribution is 5.93. The molecule has 0 amide bonds. The maximum atomic E-state index is 12.1. The van der Waals surface area contributed by atoms with Crippen molar-refractivity contribution in [2.45, 2.75) is 6.17 Å². The Balaban J connectivity index is 2.08. The van der Waals surface area contributed by atoms with Gasteiger partial charge in [-0.3, -0.25) is 14.7 Å². The minimum Gasteiger partial charge on any atom is -0.465 e. The van der Waals surface area contributed by atoms with Crippen LogP contribution in [-0.4, -0.2) is 15.5 Å². The summed E-state index contributed by atoms with van der Waals surface area (Å²) in [4.78, 5) is 20.5. The van der Waals surface area contributed by atoms with E-state index in [1.165, 1.54) is 0 Å². The number of nitrogens with zero attached hydrogens (tertiary/aromatic N) is 3. The lowest BCUT2D eigenvalue weighted by atomic mass is 10.2. The summed E-state index contributed by atoms with van der Waals surface area (Å²) >= 11 is 0. The molecule has 0 aliphatic carbocycles. The number of guanidine groups is 1. The van der Waals surface area contributed by atoms with Gasteiger partial charge >= 0.3 is 0 Å². The number of nitrogens with two attached hydrogens (primary N) is 1. The molecule has 0 radical (unpaired) electrons. The van der Waals surface area contributed by atoms with Crippen molar-refractivity contribution in [2.75, 3.05) is 5.32 Å². The average molecular weight is 281 g/mol. The predicted octanol–water partition coefficient (Wildman–Crippen LogP) is 1.28. The highest BCUT2D eigenvalue weighted by atomic mass is 16.3. The molecule has 0 unspecified atom stereocenters. The van der Waals surface area contributed by atoms with Crippen LogP contribution in [0.5, 0.6) is 0 Å². The molecule has 1 aliphatic heterocycles. The highest BCUT2D eigenvalue weighted by Crippen LogP contribution is 2.29. The van der Waals surface area contributed by atoms with Crippen LogP contribution in [0.2, 0.25) is 0 Å². The molecule has 1 aliphatic rings. The van der Waals surface area contributed by atoms with Gasteiger partial charge in [0.1, 0.15) is 5.76 Å². The van der Waals surface area contributed by atoms with Crippen LogP contribution in [0.1, 0.15) is 11.9 Å². The quantitative estimate of drug-likeness (QED) is 0.700. The summed E-state index contributed by atoms with van der Waals surface area (Å²) in [6.07, 6.45) is 1.08. The number of aliphatic imine (C=N–C) groups is 1. The molecule has 3 N–H and O–H groups in total. The van der Waals surface area contributed by atoms with Gasteiger partial charge in [-0.1, -0.05) is 12.1 Å². The number of hydrogen-bond acceptors (Lipinski definition) is 6. The second-order valence-corrected chi connectivity index (χ2v) is 4.66. The topological polar surface area (TPSA) is 98.4 Å². The van der Waals surface area contributed by atoms with Crippen molar-refractivity contribution in [3.8, 4) is 0 Å². The van der Waals surface area contributed by atoms with Crippen molar-refractivity contribution in [2.24, 2.45) is 10.7 Å². The second-order valence-electron chi connectivity index (χ2n) is 4.66. The minimum absolute atomic E-state index is 0.193. The summed E-state index contributed by atoms with van der Waals surface area (Å²) in [5.41, 5.74) is 6.19. The lowest BCUT2D eigenvalue weighted by molar-refractivity contribution is 0.439. The van der Waals surface area contributed by atoms with E-state index >= 15 is 0 Å². The lowest BCUT2D eigenvalue weighted by Gasteiger charge is -2.25. The van der Waals surface area contributed by atoms with Gasteiger partial charge in [-0.2, -0.15) is 4.98 Å². The van der Waals surface area contributed by atoms with Crippen LogP contribution in [0.3, 0.4) is 0 Å². The van der Waals surface area contributed by atoms with Gasteiger partial charge in [0.25, 0.3) is 5.56 Å². The zero-order valence-corrected chi connectivity index (χ0v) is 10.9. The first-order valence-corrected chi connectivity index (χ1v) is 6.39. The third kappa shape index (κ3) is 1.71. The Morgan fingerprint density at radius 3 is 2.90 bits per heavy atom. The maximum Gasteiger partial charge on any atom is 0.282 e. The molecule has 2 aromatic heterocycles. The van der Waals surface area contributed by atoms with Crippen LogP contribution in [-0.2, 0) is 0 Å². The number of nitrogens with one attached hydrogen (secondary N) is 1. The number of hydrogen-bond donors (Lipinski definition) is 2. The van der Waals surface area contributed by atoms with Crippen LogP contribution in [0, 0.1) is 0 Å². The zero-order chi connectivity index (χ0) is 14.4. The van der Waals surface area contributed by atoms with E-state index in [0.717, 1.165) is 5.52 Å². The molecule has 0 spiro atoms. The van der Waals surface area contributed by atoms with Crippen molar-refractivity contribution in [1.82, 2.24) is 9.55 Å². The van der Waals surface area contributed by atoms with E-state index in [9.17, 15) is 4.79 Å². The van der Waals surface area contributed by atoms with E-state index in [2.05, 4.69) is 15.3 Å². The van der Waals surface area contributed by atoms with Crippen LogP contribution in [0.25, 0.3) is 10.9 Å². The largest absolute Gasteiger partial charge is 0.465 e. The summed E-state index contributed by atoms with van der Waals surface area (Å²) in [6.45, 7) is 0. The first kappa shape index (κ1) is 11.7. The Hall–Kier alpha value is -3.09. The fourth-order valence-corrected chi connectivity index (χ4v) is 2.49. The van der Waals surface area contributed by atoms with Gasteiger partial charge in [0.05, 0.1) is 17.2 Å². The molecule has 7 heteroatoms. The fraction of sp³-hybridized carbons (Fsp3) is 0.0714. The van der Waals surface area contributed by atoms with E-state index in [1.54, 1.807) is 29.0 Å². The molecular formula is C14H11N5O2.